The Kier molecular flexibility index (Phi) is 2.73. The van der Waals surface area contributed by atoms with Crippen LogP contribution in [0.3, 0.4) is 0 Å². The predicted molar refractivity (Wildman–Crippen MR) is 95.0 cm³/mol. The van der Waals surface area contributed by atoms with Crippen LogP contribution < -0.4 is 0 Å². The van der Waals surface area contributed by atoms with Gasteiger partial charge in [-0.1, -0.05) is 30.7 Å². The van der Waals surface area contributed by atoms with Gasteiger partial charge in [0, 0.05) is 18.8 Å². The second kappa shape index (κ2) is 4.49. The highest BCUT2D eigenvalue weighted by Crippen LogP contribution is 2.67. The largest absolute Gasteiger partial charge is 0.359 e. The number of rotatable bonds is 0. The molecule has 0 aromatic heterocycles. The second-order valence-corrected chi connectivity index (χ2v) is 9.40. The predicted octanol–water partition coefficient (Wildman–Crippen LogP) is 4.44. The third-order valence-corrected chi connectivity index (χ3v) is 8.46. The maximum Gasteiger partial charge on any atom is 0.171 e. The SMILES string of the molecule is CC1=CC[C@@H]2[C@]1(C)CC=C1C=C3CCC4(CC35CC[C@@]12O5)OCCO4. The minimum Gasteiger partial charge on any atom is -0.359 e. The van der Waals surface area contributed by atoms with Crippen LogP contribution in [-0.2, 0) is 14.2 Å². The molecule has 1 saturated carbocycles. The normalized spacial score (nSPS) is 49.2. The molecule has 1 unspecified atom stereocenters. The van der Waals surface area contributed by atoms with E-state index in [1.165, 1.54) is 11.1 Å². The molecule has 3 aliphatic heterocycles. The van der Waals surface area contributed by atoms with Crippen molar-refractivity contribution < 1.29 is 14.2 Å². The van der Waals surface area contributed by atoms with Crippen molar-refractivity contribution in [2.24, 2.45) is 11.3 Å². The topological polar surface area (TPSA) is 27.7 Å². The molecule has 3 fully saturated rings. The van der Waals surface area contributed by atoms with E-state index in [9.17, 15) is 0 Å². The average molecular weight is 340 g/mol. The summed E-state index contributed by atoms with van der Waals surface area (Å²) in [4.78, 5) is 0. The summed E-state index contributed by atoms with van der Waals surface area (Å²) in [5.74, 6) is 0.201. The van der Waals surface area contributed by atoms with Gasteiger partial charge in [-0.25, -0.2) is 0 Å². The standard InChI is InChI=1S/C22H28O3/c1-15-3-4-18-19(15,2)7-5-17-13-16-6-8-21(23-11-12-24-21)14-20(16)9-10-22(17,18)25-20/h3,5,13,18H,4,6-12,14H2,1-2H3/t18-,19-,20?,22-/m1/s1. The monoisotopic (exact) mass is 340 g/mol. The van der Waals surface area contributed by atoms with Crippen LogP contribution in [0, 0.1) is 11.3 Å². The van der Waals surface area contributed by atoms with Crippen LogP contribution in [0.2, 0.25) is 0 Å². The zero-order valence-electron chi connectivity index (χ0n) is 15.4. The molecule has 0 aromatic rings. The summed E-state index contributed by atoms with van der Waals surface area (Å²) in [6, 6.07) is 0. The molecule has 134 valence electrons. The van der Waals surface area contributed by atoms with E-state index in [1.807, 2.05) is 0 Å². The van der Waals surface area contributed by atoms with Crippen molar-refractivity contribution in [1.29, 1.82) is 0 Å². The molecule has 3 spiro atoms. The first-order chi connectivity index (χ1) is 12.0. The lowest BCUT2D eigenvalue weighted by Gasteiger charge is -2.54. The Morgan fingerprint density at radius 2 is 1.92 bits per heavy atom. The van der Waals surface area contributed by atoms with Gasteiger partial charge < -0.3 is 14.2 Å². The van der Waals surface area contributed by atoms with Gasteiger partial charge in [0.05, 0.1) is 24.4 Å². The minimum atomic E-state index is -0.383. The van der Waals surface area contributed by atoms with Crippen molar-refractivity contribution >= 4 is 0 Å². The molecule has 25 heavy (non-hydrogen) atoms. The number of ether oxygens (including phenoxy) is 3. The van der Waals surface area contributed by atoms with Gasteiger partial charge in [0.2, 0.25) is 0 Å². The maximum absolute atomic E-state index is 7.16. The van der Waals surface area contributed by atoms with E-state index in [2.05, 4.69) is 32.1 Å². The van der Waals surface area contributed by atoms with Crippen LogP contribution in [0.1, 0.15) is 58.8 Å². The molecular weight excluding hydrogens is 312 g/mol. The summed E-state index contributed by atoms with van der Waals surface area (Å²) in [5, 5.41) is 0. The molecule has 6 aliphatic rings. The molecule has 0 radical (unpaired) electrons. The zero-order valence-corrected chi connectivity index (χ0v) is 15.4. The van der Waals surface area contributed by atoms with E-state index >= 15 is 0 Å². The van der Waals surface area contributed by atoms with E-state index in [-0.39, 0.29) is 22.4 Å². The number of allylic oxidation sites excluding steroid dienone is 3. The quantitative estimate of drug-likeness (QED) is 0.610. The second-order valence-electron chi connectivity index (χ2n) is 9.40. The third kappa shape index (κ3) is 1.69. The molecule has 2 bridgehead atoms. The Balaban J connectivity index is 1.45. The fourth-order valence-electron chi connectivity index (χ4n) is 6.91. The molecule has 3 aliphatic carbocycles. The van der Waals surface area contributed by atoms with Crippen molar-refractivity contribution in [3.05, 3.63) is 34.9 Å². The van der Waals surface area contributed by atoms with E-state index < -0.39 is 0 Å². The van der Waals surface area contributed by atoms with E-state index in [0.29, 0.717) is 5.92 Å². The summed E-state index contributed by atoms with van der Waals surface area (Å²) in [6.45, 7) is 6.24. The number of fused-ring (bicyclic) bond motifs is 1. The van der Waals surface area contributed by atoms with Crippen LogP contribution in [0.5, 0.6) is 0 Å². The van der Waals surface area contributed by atoms with Gasteiger partial charge in [-0.15, -0.1) is 0 Å². The lowest BCUT2D eigenvalue weighted by atomic mass is 9.59. The molecule has 0 N–H and O–H groups in total. The summed E-state index contributed by atoms with van der Waals surface area (Å²) in [6.07, 6.45) is 15.0. The van der Waals surface area contributed by atoms with Crippen molar-refractivity contribution in [2.45, 2.75) is 75.8 Å². The first kappa shape index (κ1) is 15.2. The van der Waals surface area contributed by atoms with Crippen LogP contribution in [-0.4, -0.2) is 30.2 Å². The lowest BCUT2D eigenvalue weighted by molar-refractivity contribution is -0.226. The number of hydrogen-bond acceptors (Lipinski definition) is 3. The fraction of sp³-hybridized carbons (Fsp3) is 0.727. The third-order valence-electron chi connectivity index (χ3n) is 8.46. The Bertz CT molecular complexity index is 740. The Morgan fingerprint density at radius 1 is 1.08 bits per heavy atom. The molecule has 0 amide bonds. The highest BCUT2D eigenvalue weighted by atomic mass is 16.7. The van der Waals surface area contributed by atoms with Crippen molar-refractivity contribution in [2.75, 3.05) is 13.2 Å². The van der Waals surface area contributed by atoms with Gasteiger partial charge in [0.1, 0.15) is 0 Å². The van der Waals surface area contributed by atoms with Gasteiger partial charge >= 0.3 is 0 Å². The van der Waals surface area contributed by atoms with Gasteiger partial charge in [-0.3, -0.25) is 0 Å². The van der Waals surface area contributed by atoms with Crippen LogP contribution in [0.25, 0.3) is 0 Å². The Labute approximate surface area is 150 Å². The molecule has 0 aromatic carbocycles. The van der Waals surface area contributed by atoms with Crippen molar-refractivity contribution in [3.8, 4) is 0 Å². The highest BCUT2D eigenvalue weighted by Gasteiger charge is 2.66. The lowest BCUT2D eigenvalue weighted by Crippen LogP contribution is -2.56. The van der Waals surface area contributed by atoms with E-state index in [4.69, 9.17) is 14.2 Å². The Morgan fingerprint density at radius 3 is 2.76 bits per heavy atom. The van der Waals surface area contributed by atoms with Crippen LogP contribution in [0.15, 0.2) is 34.9 Å². The summed E-state index contributed by atoms with van der Waals surface area (Å²) in [7, 11) is 0. The van der Waals surface area contributed by atoms with E-state index in [0.717, 1.165) is 58.2 Å². The molecule has 2 saturated heterocycles. The molecule has 4 atom stereocenters. The molecule has 3 heterocycles. The Hall–Kier alpha value is -0.900. The van der Waals surface area contributed by atoms with Gasteiger partial charge in [-0.05, 0) is 55.6 Å². The fourth-order valence-corrected chi connectivity index (χ4v) is 6.91. The minimum absolute atomic E-state index is 0.0815. The van der Waals surface area contributed by atoms with Gasteiger partial charge in [0.25, 0.3) is 0 Å². The van der Waals surface area contributed by atoms with Crippen molar-refractivity contribution in [1.82, 2.24) is 0 Å². The molecule has 3 heteroatoms. The van der Waals surface area contributed by atoms with Gasteiger partial charge in [0.15, 0.2) is 5.79 Å². The smallest absolute Gasteiger partial charge is 0.171 e. The molecular formula is C22H28O3. The molecule has 3 nitrogen and oxygen atoms in total. The summed E-state index contributed by atoms with van der Waals surface area (Å²) in [5.41, 5.74) is 4.58. The maximum atomic E-state index is 7.16. The van der Waals surface area contributed by atoms with E-state index in [1.54, 1.807) is 5.57 Å². The summed E-state index contributed by atoms with van der Waals surface area (Å²) < 4.78 is 19.3. The first-order valence-corrected chi connectivity index (χ1v) is 10.1. The first-order valence-electron chi connectivity index (χ1n) is 10.1. The van der Waals surface area contributed by atoms with Gasteiger partial charge in [-0.2, -0.15) is 0 Å². The van der Waals surface area contributed by atoms with Crippen molar-refractivity contribution in [3.63, 3.8) is 0 Å². The highest BCUT2D eigenvalue weighted by molar-refractivity contribution is 5.49. The summed E-state index contributed by atoms with van der Waals surface area (Å²) >= 11 is 0. The molecule has 6 rings (SSSR count). The van der Waals surface area contributed by atoms with Crippen LogP contribution in [0.4, 0.5) is 0 Å². The van der Waals surface area contributed by atoms with Crippen LogP contribution >= 0.6 is 0 Å². The zero-order chi connectivity index (χ0) is 16.9. The average Bonchev–Trinajstić information content (AvgIpc) is 3.25. The number of hydrogen-bond donors (Lipinski definition) is 0.